The summed E-state index contributed by atoms with van der Waals surface area (Å²) in [6.45, 7) is 3.93. The standard InChI is InChI=1S/C24H28N6O2/c25-22(32)20-15-30(18-8-7-16-5-4-6-17(16)13-18)23-19(21(20)31)14-27-24(28-23)26-9-12-29-10-2-1-3-11-29/h7-8,13-15H,1-6,9-12H2,(H2,25,32)(H,26,27,28). The van der Waals surface area contributed by atoms with Crippen molar-refractivity contribution < 1.29 is 4.79 Å². The van der Waals surface area contributed by atoms with Crippen molar-refractivity contribution in [2.24, 2.45) is 5.73 Å². The largest absolute Gasteiger partial charge is 0.365 e. The third-order valence-electron chi connectivity index (χ3n) is 6.53. The topological polar surface area (TPSA) is 106 Å². The molecule has 32 heavy (non-hydrogen) atoms. The lowest BCUT2D eigenvalue weighted by atomic mass is 10.1. The fourth-order valence-electron chi connectivity index (χ4n) is 4.79. The number of hydrogen-bond acceptors (Lipinski definition) is 6. The molecule has 3 aromatic rings. The number of aryl methyl sites for hydroxylation is 2. The van der Waals surface area contributed by atoms with Crippen molar-refractivity contribution in [2.75, 3.05) is 31.5 Å². The van der Waals surface area contributed by atoms with Crippen LogP contribution in [0.15, 0.2) is 35.4 Å². The predicted octanol–water partition coefficient (Wildman–Crippen LogP) is 2.27. The second-order valence-electron chi connectivity index (χ2n) is 8.67. The summed E-state index contributed by atoms with van der Waals surface area (Å²) >= 11 is 0. The van der Waals surface area contributed by atoms with Crippen LogP contribution in [0, 0.1) is 0 Å². The second kappa shape index (κ2) is 8.70. The van der Waals surface area contributed by atoms with Gasteiger partial charge in [-0.1, -0.05) is 12.5 Å². The van der Waals surface area contributed by atoms with Gasteiger partial charge in [-0.05, 0) is 68.5 Å². The normalized spacial score (nSPS) is 16.2. The Hall–Kier alpha value is -3.26. The first kappa shape index (κ1) is 20.6. The number of fused-ring (bicyclic) bond motifs is 2. The minimum atomic E-state index is -0.754. The molecule has 166 valence electrons. The number of pyridine rings is 1. The first-order valence-corrected chi connectivity index (χ1v) is 11.4. The Morgan fingerprint density at radius 2 is 1.91 bits per heavy atom. The molecule has 0 spiro atoms. The molecule has 8 heteroatoms. The number of nitrogens with one attached hydrogen (secondary N) is 1. The Kier molecular flexibility index (Phi) is 5.61. The van der Waals surface area contributed by atoms with Gasteiger partial charge in [0.1, 0.15) is 5.56 Å². The number of nitrogens with two attached hydrogens (primary N) is 1. The zero-order chi connectivity index (χ0) is 22.1. The molecule has 2 aliphatic rings. The van der Waals surface area contributed by atoms with Gasteiger partial charge in [0.2, 0.25) is 11.4 Å². The van der Waals surface area contributed by atoms with E-state index < -0.39 is 11.3 Å². The highest BCUT2D eigenvalue weighted by Gasteiger charge is 2.18. The molecular weight excluding hydrogens is 404 g/mol. The molecule has 0 atom stereocenters. The van der Waals surface area contributed by atoms with Crippen molar-refractivity contribution in [3.05, 3.63) is 57.5 Å². The van der Waals surface area contributed by atoms with Crippen LogP contribution in [0.5, 0.6) is 0 Å². The van der Waals surface area contributed by atoms with Crippen molar-refractivity contribution in [2.45, 2.75) is 38.5 Å². The van der Waals surface area contributed by atoms with E-state index in [1.807, 2.05) is 6.07 Å². The van der Waals surface area contributed by atoms with Crippen molar-refractivity contribution in [1.82, 2.24) is 19.4 Å². The van der Waals surface area contributed by atoms with E-state index in [0.717, 1.165) is 51.1 Å². The van der Waals surface area contributed by atoms with Crippen LogP contribution in [0.3, 0.4) is 0 Å². The third-order valence-corrected chi connectivity index (χ3v) is 6.53. The summed E-state index contributed by atoms with van der Waals surface area (Å²) in [7, 11) is 0. The van der Waals surface area contributed by atoms with Crippen LogP contribution < -0.4 is 16.5 Å². The van der Waals surface area contributed by atoms with Gasteiger partial charge >= 0.3 is 0 Å². The number of primary amides is 1. The lowest BCUT2D eigenvalue weighted by Crippen LogP contribution is -2.34. The van der Waals surface area contributed by atoms with Gasteiger partial charge in [0, 0.05) is 31.2 Å². The van der Waals surface area contributed by atoms with Crippen molar-refractivity contribution in [1.29, 1.82) is 0 Å². The quantitative estimate of drug-likeness (QED) is 0.619. The smallest absolute Gasteiger partial charge is 0.254 e. The van der Waals surface area contributed by atoms with E-state index in [2.05, 4.69) is 32.3 Å². The zero-order valence-electron chi connectivity index (χ0n) is 18.1. The lowest BCUT2D eigenvalue weighted by molar-refractivity contribution is 0.0999. The number of benzene rings is 1. The third kappa shape index (κ3) is 3.98. The van der Waals surface area contributed by atoms with Gasteiger partial charge in [-0.15, -0.1) is 0 Å². The highest BCUT2D eigenvalue weighted by atomic mass is 16.2. The zero-order valence-corrected chi connectivity index (χ0v) is 18.1. The molecule has 5 rings (SSSR count). The van der Waals surface area contributed by atoms with Gasteiger partial charge in [0.05, 0.1) is 5.39 Å². The number of nitrogens with zero attached hydrogens (tertiary/aromatic N) is 4. The summed E-state index contributed by atoms with van der Waals surface area (Å²) in [6.07, 6.45) is 10.1. The Morgan fingerprint density at radius 3 is 2.72 bits per heavy atom. The number of amides is 1. The van der Waals surface area contributed by atoms with E-state index in [1.165, 1.54) is 42.8 Å². The molecule has 0 bridgehead atoms. The highest BCUT2D eigenvalue weighted by molar-refractivity contribution is 5.96. The van der Waals surface area contributed by atoms with E-state index in [-0.39, 0.29) is 10.9 Å². The number of carbonyl (C=O) groups is 1. The summed E-state index contributed by atoms with van der Waals surface area (Å²) in [4.78, 5) is 36.2. The molecule has 1 aliphatic heterocycles. The van der Waals surface area contributed by atoms with Gasteiger partial charge in [0.25, 0.3) is 5.91 Å². The number of aromatic nitrogens is 3. The van der Waals surface area contributed by atoms with Gasteiger partial charge in [0.15, 0.2) is 5.65 Å². The molecule has 1 saturated heterocycles. The average molecular weight is 433 g/mol. The maximum absolute atomic E-state index is 12.9. The molecule has 1 amide bonds. The number of rotatable bonds is 6. The number of piperidine rings is 1. The van der Waals surface area contributed by atoms with E-state index >= 15 is 0 Å². The van der Waals surface area contributed by atoms with Gasteiger partial charge in [-0.2, -0.15) is 4.98 Å². The summed E-state index contributed by atoms with van der Waals surface area (Å²) in [5.41, 5.74) is 8.97. The van der Waals surface area contributed by atoms with Gasteiger partial charge in [-0.3, -0.25) is 9.59 Å². The molecule has 3 heterocycles. The summed E-state index contributed by atoms with van der Waals surface area (Å²) < 4.78 is 1.78. The molecule has 8 nitrogen and oxygen atoms in total. The monoisotopic (exact) mass is 432 g/mol. The Labute approximate surface area is 186 Å². The minimum absolute atomic E-state index is 0.0626. The summed E-state index contributed by atoms with van der Waals surface area (Å²) in [5.74, 6) is -0.286. The minimum Gasteiger partial charge on any atom is -0.365 e. The molecule has 0 saturated carbocycles. The average Bonchev–Trinajstić information content (AvgIpc) is 3.28. The van der Waals surface area contributed by atoms with Crippen LogP contribution in [0.2, 0.25) is 0 Å². The molecule has 1 aromatic carbocycles. The lowest BCUT2D eigenvalue weighted by Gasteiger charge is -2.26. The Bertz CT molecular complexity index is 1230. The summed E-state index contributed by atoms with van der Waals surface area (Å²) in [6, 6.07) is 6.23. The maximum Gasteiger partial charge on any atom is 0.254 e. The molecule has 1 fully saturated rings. The summed E-state index contributed by atoms with van der Waals surface area (Å²) in [5, 5.41) is 3.57. The molecule has 3 N–H and O–H groups in total. The fourth-order valence-corrected chi connectivity index (χ4v) is 4.79. The van der Waals surface area contributed by atoms with E-state index in [4.69, 9.17) is 5.73 Å². The highest BCUT2D eigenvalue weighted by Crippen LogP contribution is 2.26. The van der Waals surface area contributed by atoms with Crippen molar-refractivity contribution in [3.63, 3.8) is 0 Å². The van der Waals surface area contributed by atoms with Crippen LogP contribution >= 0.6 is 0 Å². The first-order valence-electron chi connectivity index (χ1n) is 11.4. The predicted molar refractivity (Wildman–Crippen MR) is 124 cm³/mol. The van der Waals surface area contributed by atoms with Crippen molar-refractivity contribution >= 4 is 22.9 Å². The molecule has 0 unspecified atom stereocenters. The Morgan fingerprint density at radius 1 is 1.09 bits per heavy atom. The number of hydrogen-bond donors (Lipinski definition) is 2. The van der Waals surface area contributed by atoms with Crippen LogP contribution in [0.25, 0.3) is 16.7 Å². The van der Waals surface area contributed by atoms with Gasteiger partial charge in [-0.25, -0.2) is 4.98 Å². The van der Waals surface area contributed by atoms with Crippen LogP contribution in [0.1, 0.15) is 47.2 Å². The Balaban J connectivity index is 1.51. The van der Waals surface area contributed by atoms with Crippen LogP contribution in [-0.4, -0.2) is 51.5 Å². The molecule has 2 aromatic heterocycles. The van der Waals surface area contributed by atoms with E-state index in [0.29, 0.717) is 11.6 Å². The molecular formula is C24H28N6O2. The van der Waals surface area contributed by atoms with Crippen molar-refractivity contribution in [3.8, 4) is 5.69 Å². The molecule has 1 aliphatic carbocycles. The van der Waals surface area contributed by atoms with Crippen LogP contribution in [0.4, 0.5) is 5.95 Å². The molecule has 0 radical (unpaired) electrons. The maximum atomic E-state index is 12.9. The number of carbonyl (C=O) groups excluding carboxylic acids is 1. The SMILES string of the molecule is NC(=O)c1cn(-c2ccc3c(c2)CCC3)c2nc(NCCN3CCCCC3)ncc2c1=O. The van der Waals surface area contributed by atoms with E-state index in [9.17, 15) is 9.59 Å². The fraction of sp³-hybridized carbons (Fsp3) is 0.417. The number of anilines is 1. The first-order chi connectivity index (χ1) is 15.6. The van der Waals surface area contributed by atoms with Gasteiger partial charge < -0.3 is 20.5 Å². The second-order valence-corrected chi connectivity index (χ2v) is 8.67. The van der Waals surface area contributed by atoms with E-state index in [1.54, 1.807) is 4.57 Å². The number of likely N-dealkylation sites (tertiary alicyclic amines) is 1. The van der Waals surface area contributed by atoms with Crippen LogP contribution in [-0.2, 0) is 12.8 Å².